The van der Waals surface area contributed by atoms with E-state index in [9.17, 15) is 14.4 Å². The summed E-state index contributed by atoms with van der Waals surface area (Å²) in [6.45, 7) is 4.06. The molecule has 1 aliphatic rings. The summed E-state index contributed by atoms with van der Waals surface area (Å²) >= 11 is 12.1. The number of rotatable bonds is 8. The first-order valence-corrected chi connectivity index (χ1v) is 11.9. The molecule has 188 valence electrons. The number of amides is 4. The highest BCUT2D eigenvalue weighted by molar-refractivity contribution is 6.39. The third-order valence-electron chi connectivity index (χ3n) is 5.49. The summed E-state index contributed by atoms with van der Waals surface area (Å²) < 4.78 is 11.6. The topological polar surface area (TPSA) is 84.9 Å². The third-order valence-corrected chi connectivity index (χ3v) is 5.96. The summed E-state index contributed by atoms with van der Waals surface area (Å²) in [5.74, 6) is -0.681. The van der Waals surface area contributed by atoms with Crippen molar-refractivity contribution in [2.45, 2.75) is 13.0 Å². The van der Waals surface area contributed by atoms with Gasteiger partial charge >= 0.3 is 6.03 Å². The van der Waals surface area contributed by atoms with E-state index in [1.54, 1.807) is 48.5 Å². The average molecular weight is 537 g/mol. The van der Waals surface area contributed by atoms with Crippen molar-refractivity contribution in [2.24, 2.45) is 0 Å². The third kappa shape index (κ3) is 5.85. The van der Waals surface area contributed by atoms with Crippen LogP contribution in [0.2, 0.25) is 10.0 Å². The largest absolute Gasteiger partial charge is 0.493 e. The molecule has 9 heteroatoms. The molecule has 0 saturated carbocycles. The van der Waals surface area contributed by atoms with Crippen molar-refractivity contribution in [3.05, 3.63) is 106 Å². The molecule has 0 atom stereocenters. The highest BCUT2D eigenvalue weighted by Gasteiger charge is 2.37. The molecule has 37 heavy (non-hydrogen) atoms. The molecule has 1 aliphatic heterocycles. The highest BCUT2D eigenvalue weighted by atomic mass is 35.5. The molecule has 0 radical (unpaired) electrons. The first-order valence-electron chi connectivity index (χ1n) is 11.2. The molecule has 1 fully saturated rings. The van der Waals surface area contributed by atoms with Crippen LogP contribution >= 0.6 is 23.2 Å². The van der Waals surface area contributed by atoms with Gasteiger partial charge in [-0.25, -0.2) is 9.69 Å². The number of imide groups is 2. The second-order valence-corrected chi connectivity index (χ2v) is 8.93. The van der Waals surface area contributed by atoms with E-state index in [0.717, 1.165) is 16.0 Å². The molecule has 1 N–H and O–H groups in total. The number of nitrogens with zero attached hydrogens (tertiary/aromatic N) is 1. The summed E-state index contributed by atoms with van der Waals surface area (Å²) in [5, 5.41) is 3.14. The number of halogens is 2. The van der Waals surface area contributed by atoms with Crippen molar-refractivity contribution < 1.29 is 23.9 Å². The van der Waals surface area contributed by atoms with E-state index in [1.807, 2.05) is 12.1 Å². The molecule has 0 bridgehead atoms. The molecular weight excluding hydrogens is 515 g/mol. The van der Waals surface area contributed by atoms with Gasteiger partial charge in [-0.05, 0) is 66.1 Å². The van der Waals surface area contributed by atoms with Crippen LogP contribution in [0.15, 0.2) is 78.9 Å². The summed E-state index contributed by atoms with van der Waals surface area (Å²) in [5.41, 5.74) is 2.12. The van der Waals surface area contributed by atoms with Gasteiger partial charge in [0.1, 0.15) is 12.2 Å². The highest BCUT2D eigenvalue weighted by Crippen LogP contribution is 2.35. The zero-order valence-electron chi connectivity index (χ0n) is 19.8. The van der Waals surface area contributed by atoms with Crippen LogP contribution in [0.1, 0.15) is 16.7 Å². The molecule has 0 spiro atoms. The van der Waals surface area contributed by atoms with Gasteiger partial charge in [-0.1, -0.05) is 47.5 Å². The molecule has 0 unspecified atom stereocenters. The zero-order valence-corrected chi connectivity index (χ0v) is 21.3. The SMILES string of the molecule is C=CCc1cc(/C=C2\C(=O)NC(=O)N(c3cccc(Cl)c3)C2=O)cc(OC)c1OCc1cccc(Cl)c1. The van der Waals surface area contributed by atoms with E-state index in [4.69, 9.17) is 32.7 Å². The Morgan fingerprint density at radius 2 is 1.73 bits per heavy atom. The van der Waals surface area contributed by atoms with Gasteiger partial charge in [0, 0.05) is 15.6 Å². The molecule has 1 saturated heterocycles. The fourth-order valence-electron chi connectivity index (χ4n) is 3.85. The number of urea groups is 1. The minimum Gasteiger partial charge on any atom is -0.493 e. The number of barbiturate groups is 1. The van der Waals surface area contributed by atoms with Crippen molar-refractivity contribution in [2.75, 3.05) is 12.0 Å². The maximum atomic E-state index is 13.2. The number of ether oxygens (including phenoxy) is 2. The summed E-state index contributed by atoms with van der Waals surface area (Å²) in [6, 6.07) is 16.1. The van der Waals surface area contributed by atoms with E-state index in [2.05, 4.69) is 11.9 Å². The molecule has 3 aromatic rings. The van der Waals surface area contributed by atoms with E-state index in [0.29, 0.717) is 33.5 Å². The molecule has 4 amide bonds. The number of benzene rings is 3. The van der Waals surface area contributed by atoms with E-state index < -0.39 is 17.8 Å². The summed E-state index contributed by atoms with van der Waals surface area (Å²) in [6.07, 6.45) is 3.54. The Morgan fingerprint density at radius 1 is 1.00 bits per heavy atom. The fraction of sp³-hybridized carbons (Fsp3) is 0.107. The smallest absolute Gasteiger partial charge is 0.335 e. The van der Waals surface area contributed by atoms with Gasteiger partial charge in [0.25, 0.3) is 11.8 Å². The van der Waals surface area contributed by atoms with Gasteiger partial charge in [-0.2, -0.15) is 0 Å². The maximum absolute atomic E-state index is 13.2. The Hall–Kier alpha value is -4.07. The minimum atomic E-state index is -0.857. The van der Waals surface area contributed by atoms with Crippen LogP contribution in [0.25, 0.3) is 6.08 Å². The summed E-state index contributed by atoms with van der Waals surface area (Å²) in [7, 11) is 1.49. The number of methoxy groups -OCH3 is 1. The van der Waals surface area contributed by atoms with Crippen LogP contribution in [0.5, 0.6) is 11.5 Å². The Bertz CT molecular complexity index is 1430. The molecule has 0 aliphatic carbocycles. The Balaban J connectivity index is 1.70. The lowest BCUT2D eigenvalue weighted by atomic mass is 10.0. The van der Waals surface area contributed by atoms with Crippen molar-refractivity contribution in [3.63, 3.8) is 0 Å². The number of anilines is 1. The number of carbonyl (C=O) groups is 3. The summed E-state index contributed by atoms with van der Waals surface area (Å²) in [4.78, 5) is 39.2. The second-order valence-electron chi connectivity index (χ2n) is 8.06. The lowest BCUT2D eigenvalue weighted by Crippen LogP contribution is -2.54. The standard InChI is InChI=1S/C28H22Cl2N2O5/c1-3-6-19-11-18(14-24(36-2)25(19)37-16-17-7-4-8-20(29)12-17)13-23-26(33)31-28(35)32(27(23)34)22-10-5-9-21(30)15-22/h3-5,7-15H,1,6,16H2,2H3,(H,31,33,35)/b23-13+. The average Bonchev–Trinajstić information content (AvgIpc) is 2.86. The van der Waals surface area contributed by atoms with Gasteiger partial charge < -0.3 is 9.47 Å². The number of allylic oxidation sites excluding steroid dienone is 1. The molecule has 1 heterocycles. The maximum Gasteiger partial charge on any atom is 0.335 e. The molecule has 4 rings (SSSR count). The molecular formula is C28H22Cl2N2O5. The van der Waals surface area contributed by atoms with Gasteiger partial charge in [0.2, 0.25) is 0 Å². The van der Waals surface area contributed by atoms with Gasteiger partial charge in [0.15, 0.2) is 11.5 Å². The second kappa shape index (κ2) is 11.3. The number of nitrogens with one attached hydrogen (secondary N) is 1. The predicted octanol–water partition coefficient (Wildman–Crippen LogP) is 5.98. The zero-order chi connectivity index (χ0) is 26.5. The van der Waals surface area contributed by atoms with Gasteiger partial charge in [0.05, 0.1) is 12.8 Å². The molecule has 7 nitrogen and oxygen atoms in total. The van der Waals surface area contributed by atoms with Crippen molar-refractivity contribution in [1.29, 1.82) is 0 Å². The van der Waals surface area contributed by atoms with Gasteiger partial charge in [-0.3, -0.25) is 14.9 Å². The first-order chi connectivity index (χ1) is 17.8. The van der Waals surface area contributed by atoms with E-state index in [-0.39, 0.29) is 17.9 Å². The van der Waals surface area contributed by atoms with Crippen LogP contribution in [-0.4, -0.2) is 25.0 Å². The number of hydrogen-bond acceptors (Lipinski definition) is 5. The molecule has 3 aromatic carbocycles. The van der Waals surface area contributed by atoms with Crippen LogP contribution in [0, 0.1) is 0 Å². The van der Waals surface area contributed by atoms with Crippen molar-refractivity contribution in [1.82, 2.24) is 5.32 Å². The number of hydrogen-bond donors (Lipinski definition) is 1. The lowest BCUT2D eigenvalue weighted by Gasteiger charge is -2.26. The predicted molar refractivity (Wildman–Crippen MR) is 143 cm³/mol. The first kappa shape index (κ1) is 26.0. The quantitative estimate of drug-likeness (QED) is 0.217. The van der Waals surface area contributed by atoms with Gasteiger partial charge in [-0.15, -0.1) is 6.58 Å². The molecule has 0 aromatic heterocycles. The normalized spacial score (nSPS) is 14.5. The fourth-order valence-corrected chi connectivity index (χ4v) is 4.24. The van der Waals surface area contributed by atoms with Crippen LogP contribution in [0.4, 0.5) is 10.5 Å². The lowest BCUT2D eigenvalue weighted by molar-refractivity contribution is -0.122. The van der Waals surface area contributed by atoms with Crippen molar-refractivity contribution >= 4 is 52.8 Å². The van der Waals surface area contributed by atoms with Crippen LogP contribution in [0.3, 0.4) is 0 Å². The van der Waals surface area contributed by atoms with Crippen molar-refractivity contribution in [3.8, 4) is 11.5 Å². The Morgan fingerprint density at radius 3 is 2.41 bits per heavy atom. The van der Waals surface area contributed by atoms with Crippen LogP contribution in [-0.2, 0) is 22.6 Å². The monoisotopic (exact) mass is 536 g/mol. The Kier molecular flexibility index (Phi) is 7.96. The number of carbonyl (C=O) groups excluding carboxylic acids is 3. The minimum absolute atomic E-state index is 0.223. The van der Waals surface area contributed by atoms with E-state index >= 15 is 0 Å². The van der Waals surface area contributed by atoms with E-state index in [1.165, 1.54) is 19.3 Å². The van der Waals surface area contributed by atoms with Crippen LogP contribution < -0.4 is 19.7 Å². The Labute approximate surface area is 223 Å².